The Bertz CT molecular complexity index is 989. The van der Waals surface area contributed by atoms with Gasteiger partial charge in [-0.3, -0.25) is 10.3 Å². The van der Waals surface area contributed by atoms with Gasteiger partial charge in [-0.2, -0.15) is 13.2 Å². The second-order valence-electron chi connectivity index (χ2n) is 5.77. The maximum absolute atomic E-state index is 13.0. The van der Waals surface area contributed by atoms with Crippen LogP contribution < -0.4 is 5.32 Å². The molecule has 0 fully saturated rings. The van der Waals surface area contributed by atoms with Crippen LogP contribution in [0.4, 0.5) is 23.7 Å². The van der Waals surface area contributed by atoms with Crippen LogP contribution in [0.1, 0.15) is 11.3 Å². The van der Waals surface area contributed by atoms with E-state index in [9.17, 15) is 18.0 Å². The van der Waals surface area contributed by atoms with Crippen molar-refractivity contribution in [1.29, 1.82) is 0 Å². The Kier molecular flexibility index (Phi) is 4.81. The topological polar surface area (TPSA) is 75.1 Å². The van der Waals surface area contributed by atoms with Crippen molar-refractivity contribution >= 4 is 11.8 Å². The van der Waals surface area contributed by atoms with Gasteiger partial charge in [0.05, 0.1) is 17.1 Å². The number of pyridine rings is 2. The Morgan fingerprint density at radius 1 is 1.04 bits per heavy atom. The zero-order valence-corrected chi connectivity index (χ0v) is 14.1. The number of rotatable bonds is 3. The molecule has 0 spiro atoms. The first-order valence-electron chi connectivity index (χ1n) is 7.86. The molecule has 2 heterocycles. The Balaban J connectivity index is 2.19. The van der Waals surface area contributed by atoms with E-state index in [2.05, 4.69) is 15.3 Å². The number of nitrogens with zero attached hydrogens (tertiary/aromatic N) is 2. The summed E-state index contributed by atoms with van der Waals surface area (Å²) in [5.41, 5.74) is 1.27. The molecule has 3 rings (SSSR count). The van der Waals surface area contributed by atoms with Gasteiger partial charge in [0, 0.05) is 17.3 Å². The summed E-state index contributed by atoms with van der Waals surface area (Å²) in [6.07, 6.45) is -4.76. The van der Waals surface area contributed by atoms with Crippen molar-refractivity contribution < 1.29 is 23.1 Å². The third-order valence-electron chi connectivity index (χ3n) is 3.83. The smallest absolute Gasteiger partial charge is 0.433 e. The van der Waals surface area contributed by atoms with E-state index in [0.717, 1.165) is 12.3 Å². The van der Waals surface area contributed by atoms with Crippen LogP contribution in [0.3, 0.4) is 0 Å². The second-order valence-corrected chi connectivity index (χ2v) is 5.77. The fourth-order valence-electron chi connectivity index (χ4n) is 2.67. The summed E-state index contributed by atoms with van der Waals surface area (Å²) >= 11 is 0. The van der Waals surface area contributed by atoms with Crippen LogP contribution >= 0.6 is 0 Å². The normalized spacial score (nSPS) is 11.3. The third-order valence-corrected chi connectivity index (χ3v) is 3.83. The number of carboxylic acid groups (broad SMARTS) is 1. The minimum Gasteiger partial charge on any atom is -0.465 e. The first-order valence-corrected chi connectivity index (χ1v) is 7.86. The molecule has 2 N–H and O–H groups in total. The van der Waals surface area contributed by atoms with E-state index in [1.807, 2.05) is 0 Å². The molecule has 0 aliphatic carbocycles. The van der Waals surface area contributed by atoms with Crippen molar-refractivity contribution in [3.8, 4) is 22.5 Å². The Labute approximate surface area is 152 Å². The van der Waals surface area contributed by atoms with Gasteiger partial charge < -0.3 is 5.11 Å². The molecule has 0 aliphatic rings. The Morgan fingerprint density at radius 2 is 1.74 bits per heavy atom. The van der Waals surface area contributed by atoms with Crippen molar-refractivity contribution in [3.05, 3.63) is 66.0 Å². The molecule has 27 heavy (non-hydrogen) atoms. The molecule has 138 valence electrons. The minimum absolute atomic E-state index is 0.244. The van der Waals surface area contributed by atoms with E-state index in [-0.39, 0.29) is 11.3 Å². The summed E-state index contributed by atoms with van der Waals surface area (Å²) in [5, 5.41) is 11.4. The van der Waals surface area contributed by atoms with Gasteiger partial charge in [0.1, 0.15) is 5.69 Å². The number of hydrogen-bond acceptors (Lipinski definition) is 3. The van der Waals surface area contributed by atoms with Crippen LogP contribution in [0.2, 0.25) is 0 Å². The summed E-state index contributed by atoms with van der Waals surface area (Å²) in [4.78, 5) is 18.9. The number of alkyl halides is 3. The molecule has 0 bridgehead atoms. The standard InChI is InChI=1S/C19H14F3N3O2/c1-11-9-14(24-18(26)27)17(12-5-3-2-4-6-12)25-16(11)13-7-8-23-15(10-13)19(20,21)22/h2-10,24H,1H3,(H,26,27). The van der Waals surface area contributed by atoms with Crippen molar-refractivity contribution in [2.45, 2.75) is 13.1 Å². The van der Waals surface area contributed by atoms with Gasteiger partial charge in [0.15, 0.2) is 0 Å². The molecule has 0 unspecified atom stereocenters. The monoisotopic (exact) mass is 373 g/mol. The molecule has 0 saturated carbocycles. The van der Waals surface area contributed by atoms with E-state index in [1.165, 1.54) is 6.07 Å². The Morgan fingerprint density at radius 3 is 2.37 bits per heavy atom. The highest BCUT2D eigenvalue weighted by molar-refractivity contribution is 5.90. The number of halogens is 3. The molecule has 3 aromatic rings. The number of hydrogen-bond donors (Lipinski definition) is 2. The van der Waals surface area contributed by atoms with Crippen LogP contribution in [0.15, 0.2) is 54.7 Å². The second kappa shape index (κ2) is 7.06. The van der Waals surface area contributed by atoms with Crippen LogP contribution in [0.25, 0.3) is 22.5 Å². The number of nitrogens with one attached hydrogen (secondary N) is 1. The van der Waals surface area contributed by atoms with Crippen LogP contribution in [0.5, 0.6) is 0 Å². The summed E-state index contributed by atoms with van der Waals surface area (Å²) in [7, 11) is 0. The largest absolute Gasteiger partial charge is 0.465 e. The first-order chi connectivity index (χ1) is 12.8. The van der Waals surface area contributed by atoms with E-state index < -0.39 is 18.0 Å². The Hall–Kier alpha value is -3.42. The van der Waals surface area contributed by atoms with Crippen molar-refractivity contribution in [2.24, 2.45) is 0 Å². The van der Waals surface area contributed by atoms with E-state index >= 15 is 0 Å². The lowest BCUT2D eigenvalue weighted by Crippen LogP contribution is -2.10. The fourth-order valence-corrected chi connectivity index (χ4v) is 2.67. The van der Waals surface area contributed by atoms with Crippen LogP contribution in [-0.2, 0) is 6.18 Å². The molecular formula is C19H14F3N3O2. The molecule has 0 saturated heterocycles. The third kappa shape index (κ3) is 4.05. The fraction of sp³-hybridized carbons (Fsp3) is 0.105. The first kappa shape index (κ1) is 18.4. The predicted octanol–water partition coefficient (Wildman–Crippen LogP) is 5.23. The summed E-state index contributed by atoms with van der Waals surface area (Å²) in [5.74, 6) is 0. The molecule has 1 aromatic carbocycles. The van der Waals surface area contributed by atoms with E-state index in [0.29, 0.717) is 22.5 Å². The number of aromatic nitrogens is 2. The zero-order valence-electron chi connectivity index (χ0n) is 14.1. The zero-order chi connectivity index (χ0) is 19.6. The minimum atomic E-state index is -4.57. The van der Waals surface area contributed by atoms with Crippen LogP contribution in [-0.4, -0.2) is 21.2 Å². The van der Waals surface area contributed by atoms with Crippen molar-refractivity contribution in [1.82, 2.24) is 9.97 Å². The number of amides is 1. The lowest BCUT2D eigenvalue weighted by Gasteiger charge is -2.15. The molecular weight excluding hydrogens is 359 g/mol. The maximum Gasteiger partial charge on any atom is 0.433 e. The highest BCUT2D eigenvalue weighted by Crippen LogP contribution is 2.34. The SMILES string of the molecule is Cc1cc(NC(=O)O)c(-c2ccccc2)nc1-c1ccnc(C(F)(F)F)c1. The lowest BCUT2D eigenvalue weighted by atomic mass is 10.0. The number of aryl methyl sites for hydroxylation is 1. The highest BCUT2D eigenvalue weighted by Gasteiger charge is 2.32. The van der Waals surface area contributed by atoms with Crippen LogP contribution in [0, 0.1) is 6.92 Å². The predicted molar refractivity (Wildman–Crippen MR) is 94.3 cm³/mol. The molecule has 8 heteroatoms. The van der Waals surface area contributed by atoms with Gasteiger partial charge in [-0.25, -0.2) is 9.78 Å². The lowest BCUT2D eigenvalue weighted by molar-refractivity contribution is -0.141. The molecule has 2 aromatic heterocycles. The summed E-state index contributed by atoms with van der Waals surface area (Å²) < 4.78 is 38.9. The highest BCUT2D eigenvalue weighted by atomic mass is 19.4. The van der Waals surface area contributed by atoms with Gasteiger partial charge in [-0.1, -0.05) is 30.3 Å². The van der Waals surface area contributed by atoms with Gasteiger partial charge in [-0.15, -0.1) is 0 Å². The summed E-state index contributed by atoms with van der Waals surface area (Å²) in [6, 6.07) is 12.7. The van der Waals surface area contributed by atoms with Crippen molar-refractivity contribution in [2.75, 3.05) is 5.32 Å². The molecule has 0 atom stereocenters. The van der Waals surface area contributed by atoms with Gasteiger partial charge in [-0.05, 0) is 30.7 Å². The number of anilines is 1. The van der Waals surface area contributed by atoms with Crippen molar-refractivity contribution in [3.63, 3.8) is 0 Å². The number of benzene rings is 1. The van der Waals surface area contributed by atoms with E-state index in [1.54, 1.807) is 43.3 Å². The van der Waals surface area contributed by atoms with Gasteiger partial charge in [0.2, 0.25) is 0 Å². The average Bonchev–Trinajstić information content (AvgIpc) is 2.61. The van der Waals surface area contributed by atoms with Gasteiger partial charge >= 0.3 is 12.3 Å². The van der Waals surface area contributed by atoms with E-state index in [4.69, 9.17) is 5.11 Å². The summed E-state index contributed by atoms with van der Waals surface area (Å²) in [6.45, 7) is 1.65. The molecule has 0 radical (unpaired) electrons. The average molecular weight is 373 g/mol. The van der Waals surface area contributed by atoms with Gasteiger partial charge in [0.25, 0.3) is 0 Å². The quantitative estimate of drug-likeness (QED) is 0.659. The molecule has 1 amide bonds. The maximum atomic E-state index is 13.0. The molecule has 0 aliphatic heterocycles. The number of carbonyl (C=O) groups is 1. The molecule has 5 nitrogen and oxygen atoms in total.